The molecule has 0 saturated carbocycles. The Hall–Kier alpha value is -1.62. The molecule has 0 aliphatic carbocycles. The largest absolute Gasteiger partial charge is 1.00 e. The van der Waals surface area contributed by atoms with E-state index < -0.39 is 23.4 Å². The second-order valence-corrected chi connectivity index (χ2v) is 5.65. The minimum absolute atomic E-state index is 0. The predicted molar refractivity (Wildman–Crippen MR) is 83.9 cm³/mol. The molecule has 1 atom stereocenters. The quantitative estimate of drug-likeness (QED) is 0.759. The molecule has 0 spiro atoms. The molecule has 0 saturated heterocycles. The number of alkyl halides is 3. The summed E-state index contributed by atoms with van der Waals surface area (Å²) in [4.78, 5) is 0. The zero-order valence-corrected chi connectivity index (χ0v) is 17.4. The van der Waals surface area contributed by atoms with Gasteiger partial charge in [-0.05, 0) is 30.3 Å². The van der Waals surface area contributed by atoms with Gasteiger partial charge in [-0.2, -0.15) is 28.8 Å². The van der Waals surface area contributed by atoms with Crippen LogP contribution in [0.2, 0.25) is 0 Å². The van der Waals surface area contributed by atoms with Crippen molar-refractivity contribution in [2.75, 3.05) is 0 Å². The number of aryl methyl sites for hydroxylation is 1. The molecular weight excluding hydrogens is 370 g/mol. The van der Waals surface area contributed by atoms with E-state index in [1.807, 2.05) is 6.07 Å². The van der Waals surface area contributed by atoms with Crippen LogP contribution in [0, 0.1) is 29.6 Å². The van der Waals surface area contributed by atoms with Crippen molar-refractivity contribution in [2.45, 2.75) is 25.9 Å². The fourth-order valence-corrected chi connectivity index (χ4v) is 2.93. The average Bonchev–Trinajstić information content (AvgIpc) is 2.93. The molecule has 5 nitrogen and oxygen atoms in total. The van der Waals surface area contributed by atoms with Crippen LogP contribution in [0.4, 0.5) is 13.2 Å². The van der Waals surface area contributed by atoms with E-state index in [0.717, 1.165) is 11.1 Å². The molecule has 0 radical (unpaired) electrons. The summed E-state index contributed by atoms with van der Waals surface area (Å²) in [7, 11) is 0. The molecule has 26 heavy (non-hydrogen) atoms. The van der Waals surface area contributed by atoms with Crippen molar-refractivity contribution in [3.8, 4) is 12.1 Å². The van der Waals surface area contributed by atoms with Gasteiger partial charge in [0.2, 0.25) is 0 Å². The van der Waals surface area contributed by atoms with Crippen LogP contribution in [0.5, 0.6) is 0 Å². The Bertz CT molecular complexity index is 1020. The number of rotatable bonds is 1. The molecule has 1 aliphatic rings. The second kappa shape index (κ2) is 7.55. The summed E-state index contributed by atoms with van der Waals surface area (Å²) in [5.74, 6) is -1.11. The smallest absolute Gasteiger partial charge is 0.656 e. The monoisotopic (exact) mass is 381 g/mol. The molecule has 1 aromatic carbocycles. The standard InChI is InChI=1S/C17H11F3N5.K/c1-8-12(6-21)15(13(7-22)16(23-8)17(18,19)20)10-3-4-14-11(5-10)9(2)24-25-14;/h3-5,15H,1-2H3,(H,24,25);/q-1;+1/t15-;/m1./s1. The Morgan fingerprint density at radius 1 is 1.15 bits per heavy atom. The third-order valence-electron chi connectivity index (χ3n) is 4.11. The molecule has 0 unspecified atom stereocenters. The van der Waals surface area contributed by atoms with Crippen LogP contribution in [0.3, 0.4) is 0 Å². The first-order valence-corrected chi connectivity index (χ1v) is 7.26. The number of allylic oxidation sites excluding steroid dienone is 4. The zero-order valence-electron chi connectivity index (χ0n) is 14.2. The predicted octanol–water partition coefficient (Wildman–Crippen LogP) is 1.48. The van der Waals surface area contributed by atoms with Gasteiger partial charge in [-0.1, -0.05) is 13.0 Å². The zero-order chi connectivity index (χ0) is 18.4. The van der Waals surface area contributed by atoms with E-state index in [4.69, 9.17) is 0 Å². The van der Waals surface area contributed by atoms with Crippen molar-refractivity contribution in [1.82, 2.24) is 10.2 Å². The van der Waals surface area contributed by atoms with E-state index >= 15 is 0 Å². The molecule has 0 fully saturated rings. The summed E-state index contributed by atoms with van der Waals surface area (Å²) in [5.41, 5.74) is -0.0146. The van der Waals surface area contributed by atoms with Crippen molar-refractivity contribution in [3.63, 3.8) is 0 Å². The number of nitrogens with one attached hydrogen (secondary N) is 1. The number of halogens is 3. The maximum atomic E-state index is 13.3. The number of nitrogens with zero attached hydrogens (tertiary/aromatic N) is 4. The van der Waals surface area contributed by atoms with E-state index in [2.05, 4.69) is 15.5 Å². The molecule has 1 aliphatic heterocycles. The Labute approximate surface area is 190 Å². The van der Waals surface area contributed by atoms with Crippen molar-refractivity contribution in [1.29, 1.82) is 10.5 Å². The number of hydrogen-bond donors (Lipinski definition) is 1. The topological polar surface area (TPSA) is 90.4 Å². The molecule has 2 aromatic rings. The summed E-state index contributed by atoms with van der Waals surface area (Å²) < 4.78 is 39.9. The molecule has 0 bridgehead atoms. The fourth-order valence-electron chi connectivity index (χ4n) is 2.93. The summed E-state index contributed by atoms with van der Waals surface area (Å²) >= 11 is 0. The molecule has 126 valence electrons. The van der Waals surface area contributed by atoms with Gasteiger partial charge in [0.1, 0.15) is 0 Å². The fraction of sp³-hybridized carbons (Fsp3) is 0.235. The first kappa shape index (κ1) is 20.7. The van der Waals surface area contributed by atoms with Gasteiger partial charge in [0.25, 0.3) is 0 Å². The first-order valence-electron chi connectivity index (χ1n) is 7.26. The van der Waals surface area contributed by atoms with Gasteiger partial charge in [0.15, 0.2) is 0 Å². The van der Waals surface area contributed by atoms with E-state index in [-0.39, 0.29) is 62.7 Å². The van der Waals surface area contributed by atoms with E-state index in [0.29, 0.717) is 11.1 Å². The van der Waals surface area contributed by atoms with Gasteiger partial charge in [-0.25, -0.2) is 0 Å². The number of nitriles is 2. The van der Waals surface area contributed by atoms with E-state index in [1.54, 1.807) is 31.2 Å². The molecule has 2 heterocycles. The molecule has 0 amide bonds. The van der Waals surface area contributed by atoms with Gasteiger partial charge in [0.05, 0.1) is 23.6 Å². The van der Waals surface area contributed by atoms with Gasteiger partial charge >= 0.3 is 57.6 Å². The summed E-state index contributed by atoms with van der Waals surface area (Å²) in [5, 5.41) is 29.9. The van der Waals surface area contributed by atoms with Crippen LogP contribution in [-0.4, -0.2) is 16.4 Å². The SMILES string of the molecule is CC1=C(C#N)[C@@H](c2ccc3n[nH]c(C)c3c2)C(C#N)=C(C(F)(F)F)[N-]1.[K+]. The molecule has 3 rings (SSSR count). The van der Waals surface area contributed by atoms with Crippen molar-refractivity contribution in [2.24, 2.45) is 0 Å². The number of benzene rings is 1. The van der Waals surface area contributed by atoms with Crippen LogP contribution in [0.15, 0.2) is 40.7 Å². The third-order valence-corrected chi connectivity index (χ3v) is 4.11. The van der Waals surface area contributed by atoms with Crippen LogP contribution in [-0.2, 0) is 0 Å². The Balaban J connectivity index is 0.00000243. The Morgan fingerprint density at radius 3 is 2.38 bits per heavy atom. The number of hydrogen-bond acceptors (Lipinski definition) is 3. The Kier molecular flexibility index (Phi) is 6.01. The summed E-state index contributed by atoms with van der Waals surface area (Å²) in [6.45, 7) is 3.12. The summed E-state index contributed by atoms with van der Waals surface area (Å²) in [6, 6.07) is 8.39. The maximum absolute atomic E-state index is 13.3. The van der Waals surface area contributed by atoms with Crippen LogP contribution in [0.1, 0.15) is 24.1 Å². The normalized spacial score (nSPS) is 17.4. The number of fused-ring (bicyclic) bond motifs is 1. The molecule has 1 aromatic heterocycles. The second-order valence-electron chi connectivity index (χ2n) is 5.65. The average molecular weight is 381 g/mol. The van der Waals surface area contributed by atoms with Crippen LogP contribution >= 0.6 is 0 Å². The van der Waals surface area contributed by atoms with E-state index in [1.165, 1.54) is 6.92 Å². The van der Waals surface area contributed by atoms with Gasteiger partial charge < -0.3 is 5.32 Å². The Morgan fingerprint density at radius 2 is 1.81 bits per heavy atom. The minimum Gasteiger partial charge on any atom is -0.656 e. The molecule has 9 heteroatoms. The van der Waals surface area contributed by atoms with Crippen molar-refractivity contribution >= 4 is 10.9 Å². The van der Waals surface area contributed by atoms with Crippen molar-refractivity contribution in [3.05, 3.63) is 57.3 Å². The van der Waals surface area contributed by atoms with Gasteiger partial charge in [-0.15, -0.1) is 5.70 Å². The number of H-pyrrole nitrogens is 1. The van der Waals surface area contributed by atoms with Gasteiger partial charge in [-0.3, -0.25) is 5.10 Å². The molecular formula is C17H11F3KN5. The number of aromatic amines is 1. The maximum Gasteiger partial charge on any atom is 1.00 e. The molecule has 1 N–H and O–H groups in total. The van der Waals surface area contributed by atoms with Gasteiger partial charge in [0, 0.05) is 22.2 Å². The minimum atomic E-state index is -4.78. The summed E-state index contributed by atoms with van der Waals surface area (Å²) in [6.07, 6.45) is -4.78. The third kappa shape index (κ3) is 3.46. The van der Waals surface area contributed by atoms with Crippen LogP contribution < -0.4 is 51.4 Å². The number of aromatic nitrogens is 2. The van der Waals surface area contributed by atoms with E-state index in [9.17, 15) is 23.7 Å². The van der Waals surface area contributed by atoms with Crippen LogP contribution in [0.25, 0.3) is 16.2 Å². The van der Waals surface area contributed by atoms with Crippen molar-refractivity contribution < 1.29 is 64.6 Å². The first-order chi connectivity index (χ1) is 11.8.